The van der Waals surface area contributed by atoms with Gasteiger partial charge in [-0.2, -0.15) is 0 Å². The van der Waals surface area contributed by atoms with Crippen molar-refractivity contribution in [3.8, 4) is 0 Å². The molecule has 1 aromatic rings. The van der Waals surface area contributed by atoms with Gasteiger partial charge in [-0.05, 0) is 39.3 Å². The van der Waals surface area contributed by atoms with Crippen LogP contribution in [0.15, 0.2) is 24.3 Å². The molecule has 1 aromatic carbocycles. The summed E-state index contributed by atoms with van der Waals surface area (Å²) in [5, 5.41) is 3.42. The Labute approximate surface area is 127 Å². The first kappa shape index (κ1) is 14.5. The van der Waals surface area contributed by atoms with Crippen molar-refractivity contribution >= 4 is 5.91 Å². The van der Waals surface area contributed by atoms with Crippen LogP contribution in [0.5, 0.6) is 0 Å². The van der Waals surface area contributed by atoms with E-state index >= 15 is 0 Å². The predicted molar refractivity (Wildman–Crippen MR) is 83.9 cm³/mol. The Morgan fingerprint density at radius 3 is 2.57 bits per heavy atom. The first-order valence-corrected chi connectivity index (χ1v) is 7.89. The van der Waals surface area contributed by atoms with Gasteiger partial charge in [0.15, 0.2) is 0 Å². The van der Waals surface area contributed by atoms with Crippen molar-refractivity contribution in [2.45, 2.75) is 44.9 Å². The van der Waals surface area contributed by atoms with Gasteiger partial charge in [-0.25, -0.2) is 0 Å². The summed E-state index contributed by atoms with van der Waals surface area (Å²) in [6, 6.07) is 9.11. The molecule has 4 nitrogen and oxygen atoms in total. The minimum absolute atomic E-state index is 0.0145. The number of nitrogens with one attached hydrogen (secondary N) is 1. The van der Waals surface area contributed by atoms with E-state index < -0.39 is 0 Å². The van der Waals surface area contributed by atoms with Crippen LogP contribution in [0.25, 0.3) is 0 Å². The highest BCUT2D eigenvalue weighted by Crippen LogP contribution is 2.27. The lowest BCUT2D eigenvalue weighted by atomic mass is 10.1. The number of hydrogen-bond donors (Lipinski definition) is 1. The van der Waals surface area contributed by atoms with Gasteiger partial charge in [0.2, 0.25) is 5.91 Å². The fourth-order valence-electron chi connectivity index (χ4n) is 3.00. The highest BCUT2D eigenvalue weighted by Gasteiger charge is 2.37. The molecule has 2 unspecified atom stereocenters. The Morgan fingerprint density at radius 2 is 1.95 bits per heavy atom. The molecular formula is C17H25N3O. The first-order valence-electron chi connectivity index (χ1n) is 7.89. The molecule has 1 amide bonds. The third-order valence-electron chi connectivity index (χ3n) is 4.63. The van der Waals surface area contributed by atoms with E-state index in [1.54, 1.807) is 0 Å². The molecule has 1 saturated heterocycles. The third kappa shape index (κ3) is 3.11. The second-order valence-corrected chi connectivity index (χ2v) is 6.44. The average molecular weight is 287 g/mol. The fraction of sp³-hybridized carbons (Fsp3) is 0.588. The molecule has 1 saturated carbocycles. The van der Waals surface area contributed by atoms with E-state index in [0.29, 0.717) is 0 Å². The number of carbonyl (C=O) groups is 1. The van der Waals surface area contributed by atoms with Gasteiger partial charge < -0.3 is 9.80 Å². The Kier molecular flexibility index (Phi) is 4.00. The average Bonchev–Trinajstić information content (AvgIpc) is 3.27. The molecule has 1 aliphatic carbocycles. The van der Waals surface area contributed by atoms with Crippen LogP contribution in [-0.4, -0.2) is 47.9 Å². The lowest BCUT2D eigenvalue weighted by Gasteiger charge is -2.27. The van der Waals surface area contributed by atoms with Crippen LogP contribution in [0.2, 0.25) is 0 Å². The largest absolute Gasteiger partial charge is 0.320 e. The predicted octanol–water partition coefficient (Wildman–Crippen LogP) is 1.91. The molecule has 4 heteroatoms. The van der Waals surface area contributed by atoms with E-state index in [4.69, 9.17) is 0 Å². The molecule has 0 aromatic heterocycles. The first-order chi connectivity index (χ1) is 10.1. The molecule has 21 heavy (non-hydrogen) atoms. The minimum Gasteiger partial charge on any atom is -0.320 e. The van der Waals surface area contributed by atoms with Crippen molar-refractivity contribution in [2.24, 2.45) is 0 Å². The number of rotatable bonds is 5. The van der Waals surface area contributed by atoms with Gasteiger partial charge in [-0.3, -0.25) is 10.1 Å². The molecule has 1 aliphatic heterocycles. The zero-order valence-corrected chi connectivity index (χ0v) is 13.2. The van der Waals surface area contributed by atoms with Crippen LogP contribution in [0, 0.1) is 6.92 Å². The van der Waals surface area contributed by atoms with Gasteiger partial charge in [0, 0.05) is 19.1 Å². The Bertz CT molecular complexity index is 509. The van der Waals surface area contributed by atoms with Gasteiger partial charge in [-0.1, -0.05) is 29.8 Å². The molecule has 0 bridgehead atoms. The summed E-state index contributed by atoms with van der Waals surface area (Å²) in [6.07, 6.45) is 2.63. The highest BCUT2D eigenvalue weighted by molar-refractivity contribution is 5.84. The van der Waals surface area contributed by atoms with E-state index in [2.05, 4.69) is 48.5 Å². The van der Waals surface area contributed by atoms with E-state index in [0.717, 1.165) is 19.1 Å². The Morgan fingerprint density at radius 1 is 1.29 bits per heavy atom. The van der Waals surface area contributed by atoms with Crippen molar-refractivity contribution in [3.05, 3.63) is 35.4 Å². The lowest BCUT2D eigenvalue weighted by molar-refractivity contribution is -0.130. The number of benzene rings is 1. The minimum atomic E-state index is -0.0949. The summed E-state index contributed by atoms with van der Waals surface area (Å²) in [5.74, 6) is 0.213. The standard InChI is InChI=1S/C17H25N3O/c1-12-4-6-14(7-5-12)16-18-13(2)17(21)20(16)11-10-19(3)15-8-9-15/h4-7,13,15-16,18H,8-11H2,1-3H3. The smallest absolute Gasteiger partial charge is 0.241 e. The molecule has 2 aliphatic rings. The van der Waals surface area contributed by atoms with Crippen LogP contribution >= 0.6 is 0 Å². The second-order valence-electron chi connectivity index (χ2n) is 6.44. The normalized spacial score (nSPS) is 25.9. The monoisotopic (exact) mass is 287 g/mol. The third-order valence-corrected chi connectivity index (χ3v) is 4.63. The van der Waals surface area contributed by atoms with Gasteiger partial charge in [-0.15, -0.1) is 0 Å². The maximum absolute atomic E-state index is 12.4. The van der Waals surface area contributed by atoms with E-state index in [1.165, 1.54) is 24.0 Å². The maximum atomic E-state index is 12.4. The van der Waals surface area contributed by atoms with Crippen LogP contribution in [-0.2, 0) is 4.79 Å². The van der Waals surface area contributed by atoms with Crippen molar-refractivity contribution in [1.29, 1.82) is 0 Å². The Hall–Kier alpha value is -1.39. The number of likely N-dealkylation sites (N-methyl/N-ethyl adjacent to an activating group) is 1. The van der Waals surface area contributed by atoms with E-state index in [-0.39, 0.29) is 18.1 Å². The fourth-order valence-corrected chi connectivity index (χ4v) is 3.00. The van der Waals surface area contributed by atoms with Crippen LogP contribution in [0.3, 0.4) is 0 Å². The molecule has 2 atom stereocenters. The van der Waals surface area contributed by atoms with Gasteiger partial charge in [0.1, 0.15) is 6.17 Å². The zero-order chi connectivity index (χ0) is 15.0. The SMILES string of the molecule is Cc1ccc(C2NC(C)C(=O)N2CCN(C)C2CC2)cc1. The zero-order valence-electron chi connectivity index (χ0n) is 13.2. The number of nitrogens with zero attached hydrogens (tertiary/aromatic N) is 2. The van der Waals surface area contributed by atoms with Crippen molar-refractivity contribution in [3.63, 3.8) is 0 Å². The summed E-state index contributed by atoms with van der Waals surface area (Å²) in [4.78, 5) is 16.8. The molecule has 0 spiro atoms. The second kappa shape index (κ2) is 5.78. The number of hydrogen-bond acceptors (Lipinski definition) is 3. The summed E-state index contributed by atoms with van der Waals surface area (Å²) in [6.45, 7) is 5.78. The van der Waals surface area contributed by atoms with Gasteiger partial charge in [0.25, 0.3) is 0 Å². The number of carbonyl (C=O) groups excluding carboxylic acids is 1. The van der Waals surface area contributed by atoms with E-state index in [1.807, 2.05) is 11.8 Å². The summed E-state index contributed by atoms with van der Waals surface area (Å²) >= 11 is 0. The highest BCUT2D eigenvalue weighted by atomic mass is 16.2. The number of amides is 1. The molecule has 2 fully saturated rings. The van der Waals surface area contributed by atoms with Crippen molar-refractivity contribution < 1.29 is 4.79 Å². The molecule has 1 heterocycles. The van der Waals surface area contributed by atoms with E-state index in [9.17, 15) is 4.79 Å². The van der Waals surface area contributed by atoms with Crippen LogP contribution in [0.1, 0.15) is 37.1 Å². The van der Waals surface area contributed by atoms with Crippen LogP contribution < -0.4 is 5.32 Å². The summed E-state index contributed by atoms with van der Waals surface area (Å²) < 4.78 is 0. The maximum Gasteiger partial charge on any atom is 0.241 e. The summed E-state index contributed by atoms with van der Waals surface area (Å²) in [5.41, 5.74) is 2.42. The van der Waals surface area contributed by atoms with Crippen molar-refractivity contribution in [2.75, 3.05) is 20.1 Å². The lowest BCUT2D eigenvalue weighted by Crippen LogP contribution is -2.38. The van der Waals surface area contributed by atoms with Gasteiger partial charge in [0.05, 0.1) is 6.04 Å². The quantitative estimate of drug-likeness (QED) is 0.898. The molecule has 1 N–H and O–H groups in total. The van der Waals surface area contributed by atoms with Crippen LogP contribution in [0.4, 0.5) is 0 Å². The topological polar surface area (TPSA) is 35.6 Å². The molecular weight excluding hydrogens is 262 g/mol. The summed E-state index contributed by atoms with van der Waals surface area (Å²) in [7, 11) is 2.16. The molecule has 114 valence electrons. The molecule has 0 radical (unpaired) electrons. The molecule has 3 rings (SSSR count). The Balaban J connectivity index is 1.70. The number of aryl methyl sites for hydroxylation is 1. The van der Waals surface area contributed by atoms with Gasteiger partial charge >= 0.3 is 0 Å². The van der Waals surface area contributed by atoms with Crippen molar-refractivity contribution in [1.82, 2.24) is 15.1 Å².